The second-order valence-corrected chi connectivity index (χ2v) is 6.26. The number of Topliss-reactive ketones (excluding diaryl/α,β-unsaturated/α-hetero) is 1. The number of carbonyl (C=O) groups is 1. The van der Waals surface area contributed by atoms with Gasteiger partial charge in [-0.2, -0.15) is 5.26 Å². The summed E-state index contributed by atoms with van der Waals surface area (Å²) in [4.78, 5) is 11.6. The molecule has 5 heteroatoms. The van der Waals surface area contributed by atoms with Crippen molar-refractivity contribution in [3.63, 3.8) is 0 Å². The molecule has 0 radical (unpaired) electrons. The number of hydrogen-bond donors (Lipinski definition) is 1. The highest BCUT2D eigenvalue weighted by Gasteiger charge is 2.15. The predicted octanol–water partition coefficient (Wildman–Crippen LogP) is 4.66. The van der Waals surface area contributed by atoms with Crippen molar-refractivity contribution in [2.75, 3.05) is 13.2 Å². The fourth-order valence-corrected chi connectivity index (χ4v) is 2.78. The highest BCUT2D eigenvalue weighted by atomic mass is 16.5. The Morgan fingerprint density at radius 1 is 1.07 bits per heavy atom. The number of phenols is 1. The summed E-state index contributed by atoms with van der Waals surface area (Å²) in [5.74, 6) is 1.08. The van der Waals surface area contributed by atoms with Crippen LogP contribution in [0.25, 0.3) is 0 Å². The van der Waals surface area contributed by atoms with E-state index in [0.29, 0.717) is 47.8 Å². The fraction of sp³-hybridized carbons (Fsp3) is 0.364. The van der Waals surface area contributed by atoms with Gasteiger partial charge in [0.05, 0.1) is 24.3 Å². The summed E-state index contributed by atoms with van der Waals surface area (Å²) < 4.78 is 11.5. The monoisotopic (exact) mass is 367 g/mol. The first-order valence-corrected chi connectivity index (χ1v) is 9.19. The first kappa shape index (κ1) is 20.3. The van der Waals surface area contributed by atoms with Gasteiger partial charge in [0.25, 0.3) is 0 Å². The van der Waals surface area contributed by atoms with Crippen LogP contribution in [-0.2, 0) is 6.42 Å². The minimum atomic E-state index is -0.161. The van der Waals surface area contributed by atoms with Crippen molar-refractivity contribution in [1.82, 2.24) is 0 Å². The van der Waals surface area contributed by atoms with E-state index in [1.54, 1.807) is 30.3 Å². The zero-order valence-electron chi connectivity index (χ0n) is 15.8. The number of benzene rings is 2. The lowest BCUT2D eigenvalue weighted by molar-refractivity contribution is 0.101. The van der Waals surface area contributed by atoms with Crippen LogP contribution in [0.4, 0.5) is 0 Å². The first-order chi connectivity index (χ1) is 13.1. The van der Waals surface area contributed by atoms with Gasteiger partial charge in [-0.15, -0.1) is 0 Å². The maximum absolute atomic E-state index is 11.6. The second kappa shape index (κ2) is 10.2. The molecular formula is C22H25NO4. The number of phenolic OH excluding ortho intramolecular Hbond substituents is 1. The normalized spacial score (nSPS) is 10.3. The Hall–Kier alpha value is -3.00. The third-order valence-corrected chi connectivity index (χ3v) is 4.18. The molecule has 0 bridgehead atoms. The number of carbonyl (C=O) groups excluding carboxylic acids is 1. The summed E-state index contributed by atoms with van der Waals surface area (Å²) in [6, 6.07) is 12.6. The van der Waals surface area contributed by atoms with Gasteiger partial charge in [0.2, 0.25) is 0 Å². The van der Waals surface area contributed by atoms with Gasteiger partial charge >= 0.3 is 0 Å². The van der Waals surface area contributed by atoms with Gasteiger partial charge in [0.15, 0.2) is 5.78 Å². The van der Waals surface area contributed by atoms with E-state index in [1.807, 2.05) is 13.0 Å². The largest absolute Gasteiger partial charge is 0.507 e. The molecule has 5 nitrogen and oxygen atoms in total. The van der Waals surface area contributed by atoms with Crippen LogP contribution in [-0.4, -0.2) is 24.1 Å². The lowest BCUT2D eigenvalue weighted by atomic mass is 10.0. The molecule has 0 aliphatic rings. The molecule has 0 spiro atoms. The SMILES string of the molecule is CCCc1c(OCCCCOc2ccccc2C#N)ccc(C(C)=O)c1O. The molecule has 0 heterocycles. The number of rotatable bonds is 10. The van der Waals surface area contributed by atoms with Crippen molar-refractivity contribution >= 4 is 5.78 Å². The van der Waals surface area contributed by atoms with Gasteiger partial charge in [0.1, 0.15) is 23.3 Å². The Bertz CT molecular complexity index is 824. The van der Waals surface area contributed by atoms with Crippen molar-refractivity contribution in [2.45, 2.75) is 39.5 Å². The standard InChI is InChI=1S/C22H25NO4/c1-3-8-19-21(12-11-18(16(2)24)22(19)25)27-14-7-6-13-26-20-10-5-4-9-17(20)15-23/h4-5,9-12,25H,3,6-8,13-14H2,1-2H3. The van der Waals surface area contributed by atoms with Gasteiger partial charge in [-0.3, -0.25) is 4.79 Å². The average molecular weight is 367 g/mol. The molecule has 2 rings (SSSR count). The van der Waals surface area contributed by atoms with Gasteiger partial charge in [0, 0.05) is 5.56 Å². The summed E-state index contributed by atoms with van der Waals surface area (Å²) in [6.45, 7) is 4.44. The number of unbranched alkanes of at least 4 members (excludes halogenated alkanes) is 1. The lowest BCUT2D eigenvalue weighted by Crippen LogP contribution is -2.05. The zero-order valence-corrected chi connectivity index (χ0v) is 15.8. The maximum atomic E-state index is 11.6. The van der Waals surface area contributed by atoms with Gasteiger partial charge in [-0.05, 0) is 50.5 Å². The van der Waals surface area contributed by atoms with Crippen LogP contribution < -0.4 is 9.47 Å². The minimum absolute atomic E-state index is 0.0262. The Kier molecular flexibility index (Phi) is 7.69. The molecule has 2 aromatic carbocycles. The Balaban J connectivity index is 1.85. The van der Waals surface area contributed by atoms with Crippen LogP contribution >= 0.6 is 0 Å². The van der Waals surface area contributed by atoms with Crippen LogP contribution in [0.1, 0.15) is 54.6 Å². The zero-order chi connectivity index (χ0) is 19.6. The molecule has 0 amide bonds. The minimum Gasteiger partial charge on any atom is -0.507 e. The molecule has 142 valence electrons. The lowest BCUT2D eigenvalue weighted by Gasteiger charge is -2.14. The highest BCUT2D eigenvalue weighted by molar-refractivity contribution is 5.97. The van der Waals surface area contributed by atoms with Gasteiger partial charge in [-0.1, -0.05) is 25.5 Å². The van der Waals surface area contributed by atoms with E-state index < -0.39 is 0 Å². The van der Waals surface area contributed by atoms with E-state index in [4.69, 9.17) is 14.7 Å². The van der Waals surface area contributed by atoms with E-state index in [0.717, 1.165) is 19.3 Å². The topological polar surface area (TPSA) is 79.5 Å². The molecule has 0 aromatic heterocycles. The summed E-state index contributed by atoms with van der Waals surface area (Å²) in [6.07, 6.45) is 3.05. The van der Waals surface area contributed by atoms with E-state index >= 15 is 0 Å². The molecule has 0 saturated carbocycles. The number of nitriles is 1. The summed E-state index contributed by atoms with van der Waals surface area (Å²) in [7, 11) is 0. The number of nitrogens with zero attached hydrogens (tertiary/aromatic N) is 1. The number of aromatic hydroxyl groups is 1. The van der Waals surface area contributed by atoms with Gasteiger partial charge in [-0.25, -0.2) is 0 Å². The quantitative estimate of drug-likeness (QED) is 0.488. The van der Waals surface area contributed by atoms with E-state index in [-0.39, 0.29) is 11.5 Å². The smallest absolute Gasteiger partial charge is 0.163 e. The van der Waals surface area contributed by atoms with Crippen molar-refractivity contribution in [2.24, 2.45) is 0 Å². The molecule has 0 aliphatic carbocycles. The van der Waals surface area contributed by atoms with E-state index in [9.17, 15) is 9.90 Å². The maximum Gasteiger partial charge on any atom is 0.163 e. The van der Waals surface area contributed by atoms with Crippen molar-refractivity contribution < 1.29 is 19.4 Å². The Morgan fingerprint density at radius 3 is 2.37 bits per heavy atom. The fourth-order valence-electron chi connectivity index (χ4n) is 2.78. The van der Waals surface area contributed by atoms with Crippen LogP contribution in [0.3, 0.4) is 0 Å². The highest BCUT2D eigenvalue weighted by Crippen LogP contribution is 2.33. The number of ether oxygens (including phenoxy) is 2. The molecule has 2 aromatic rings. The van der Waals surface area contributed by atoms with Crippen LogP contribution in [0.5, 0.6) is 17.2 Å². The third kappa shape index (κ3) is 5.49. The van der Waals surface area contributed by atoms with Crippen molar-refractivity contribution in [3.8, 4) is 23.3 Å². The van der Waals surface area contributed by atoms with Gasteiger partial charge < -0.3 is 14.6 Å². The van der Waals surface area contributed by atoms with Crippen molar-refractivity contribution in [3.05, 3.63) is 53.1 Å². The van der Waals surface area contributed by atoms with E-state index in [1.165, 1.54) is 6.92 Å². The van der Waals surface area contributed by atoms with E-state index in [2.05, 4.69) is 6.07 Å². The number of ketones is 1. The second-order valence-electron chi connectivity index (χ2n) is 6.26. The molecule has 0 fully saturated rings. The molecule has 0 unspecified atom stereocenters. The Labute approximate surface area is 160 Å². The first-order valence-electron chi connectivity index (χ1n) is 9.19. The molecule has 1 N–H and O–H groups in total. The number of hydrogen-bond acceptors (Lipinski definition) is 5. The van der Waals surface area contributed by atoms with Crippen LogP contribution in [0.2, 0.25) is 0 Å². The van der Waals surface area contributed by atoms with Crippen LogP contribution in [0, 0.1) is 11.3 Å². The number of para-hydroxylation sites is 1. The summed E-state index contributed by atoms with van der Waals surface area (Å²) in [5, 5.41) is 19.4. The Morgan fingerprint density at radius 2 is 1.74 bits per heavy atom. The molecule has 0 aliphatic heterocycles. The average Bonchev–Trinajstić information content (AvgIpc) is 2.67. The predicted molar refractivity (Wildman–Crippen MR) is 103 cm³/mol. The molecule has 0 saturated heterocycles. The summed E-state index contributed by atoms with van der Waals surface area (Å²) >= 11 is 0. The van der Waals surface area contributed by atoms with Crippen LogP contribution in [0.15, 0.2) is 36.4 Å². The molecular weight excluding hydrogens is 342 g/mol. The molecule has 0 atom stereocenters. The third-order valence-electron chi connectivity index (χ3n) is 4.18. The summed E-state index contributed by atoms with van der Waals surface area (Å²) in [5.41, 5.74) is 1.54. The van der Waals surface area contributed by atoms with Crippen molar-refractivity contribution in [1.29, 1.82) is 5.26 Å². The molecule has 27 heavy (non-hydrogen) atoms.